The second-order valence-corrected chi connectivity index (χ2v) is 4.02. The van der Waals surface area contributed by atoms with Crippen LogP contribution in [0.3, 0.4) is 0 Å². The molecule has 0 aromatic heterocycles. The Morgan fingerprint density at radius 1 is 1.20 bits per heavy atom. The van der Waals surface area contributed by atoms with Gasteiger partial charge in [0.1, 0.15) is 5.82 Å². The normalized spacial score (nSPS) is 15.9. The Balaban J connectivity index is 2.59. The molecule has 2 rings (SSSR count). The van der Waals surface area contributed by atoms with Crippen molar-refractivity contribution >= 4 is 11.3 Å². The Morgan fingerprint density at radius 3 is 2.53 bits per heavy atom. The van der Waals surface area contributed by atoms with Gasteiger partial charge in [0.05, 0.1) is 6.54 Å². The minimum Gasteiger partial charge on any atom is -0.285 e. The van der Waals surface area contributed by atoms with Gasteiger partial charge in [0.2, 0.25) is 0 Å². The third kappa shape index (κ3) is 1.72. The maximum Gasteiger partial charge on any atom is 0.123 e. The Morgan fingerprint density at radius 2 is 1.93 bits per heavy atom. The predicted octanol–water partition coefficient (Wildman–Crippen LogP) is 3.38. The average molecular weight is 203 g/mol. The van der Waals surface area contributed by atoms with Gasteiger partial charge in [0.15, 0.2) is 0 Å². The summed E-state index contributed by atoms with van der Waals surface area (Å²) in [5, 5.41) is 0. The van der Waals surface area contributed by atoms with E-state index in [-0.39, 0.29) is 5.82 Å². The van der Waals surface area contributed by atoms with E-state index in [1.807, 2.05) is 19.9 Å². The monoisotopic (exact) mass is 203 g/mol. The Kier molecular flexibility index (Phi) is 2.43. The van der Waals surface area contributed by atoms with E-state index in [0.717, 1.165) is 29.0 Å². The number of hydrogen-bond donors (Lipinski definition) is 0. The van der Waals surface area contributed by atoms with E-state index in [1.165, 1.54) is 11.6 Å². The number of aryl methyl sites for hydroxylation is 1. The van der Waals surface area contributed by atoms with Crippen LogP contribution in [-0.2, 0) is 0 Å². The van der Waals surface area contributed by atoms with E-state index in [0.29, 0.717) is 0 Å². The van der Waals surface area contributed by atoms with Crippen molar-refractivity contribution in [3.63, 3.8) is 0 Å². The molecular formula is C13H14FN. The van der Waals surface area contributed by atoms with E-state index in [9.17, 15) is 4.39 Å². The Labute approximate surface area is 89.4 Å². The highest BCUT2D eigenvalue weighted by atomic mass is 19.1. The van der Waals surface area contributed by atoms with Gasteiger partial charge in [0, 0.05) is 11.3 Å². The number of nitrogens with zero attached hydrogens (tertiary/aromatic N) is 1. The first kappa shape index (κ1) is 10.1. The molecule has 78 valence electrons. The first-order valence-electron chi connectivity index (χ1n) is 5.07. The van der Waals surface area contributed by atoms with E-state index in [2.05, 4.69) is 11.9 Å². The van der Waals surface area contributed by atoms with Crippen LogP contribution in [-0.4, -0.2) is 12.3 Å². The van der Waals surface area contributed by atoms with Crippen molar-refractivity contribution in [3.05, 3.63) is 40.7 Å². The summed E-state index contributed by atoms with van der Waals surface area (Å²) in [6.45, 7) is 6.79. The summed E-state index contributed by atoms with van der Waals surface area (Å²) in [6.07, 6.45) is 0. The molecule has 0 saturated carbocycles. The molecule has 0 N–H and O–H groups in total. The zero-order chi connectivity index (χ0) is 11.0. The van der Waals surface area contributed by atoms with Gasteiger partial charge in [-0.25, -0.2) is 4.39 Å². The summed E-state index contributed by atoms with van der Waals surface area (Å²) < 4.78 is 13.2. The van der Waals surface area contributed by atoms with Crippen molar-refractivity contribution in [3.8, 4) is 0 Å². The topological polar surface area (TPSA) is 12.4 Å². The Hall–Kier alpha value is -1.44. The van der Waals surface area contributed by atoms with Crippen LogP contribution in [0.1, 0.15) is 25.0 Å². The van der Waals surface area contributed by atoms with E-state index in [1.54, 1.807) is 6.07 Å². The quantitative estimate of drug-likeness (QED) is 0.663. The number of halogens is 1. The minimum absolute atomic E-state index is 0.185. The minimum atomic E-state index is -0.185. The van der Waals surface area contributed by atoms with Gasteiger partial charge in [-0.1, -0.05) is 6.07 Å². The lowest BCUT2D eigenvalue weighted by Gasteiger charge is -2.09. The van der Waals surface area contributed by atoms with Crippen LogP contribution in [0.15, 0.2) is 28.8 Å². The second-order valence-electron chi connectivity index (χ2n) is 4.02. The molecule has 0 bridgehead atoms. The number of benzene rings is 1. The summed E-state index contributed by atoms with van der Waals surface area (Å²) in [7, 11) is 0. The summed E-state index contributed by atoms with van der Waals surface area (Å²) in [5.74, 6) is -0.185. The number of allylic oxidation sites excluding steroid dienone is 1. The van der Waals surface area contributed by atoms with Crippen molar-refractivity contribution in [2.45, 2.75) is 20.8 Å². The molecule has 0 unspecified atom stereocenters. The van der Waals surface area contributed by atoms with Gasteiger partial charge >= 0.3 is 0 Å². The maximum atomic E-state index is 13.2. The molecule has 0 saturated heterocycles. The van der Waals surface area contributed by atoms with Gasteiger partial charge in [-0.3, -0.25) is 4.99 Å². The molecule has 1 aromatic carbocycles. The molecule has 0 radical (unpaired) electrons. The van der Waals surface area contributed by atoms with Crippen LogP contribution in [0.4, 0.5) is 4.39 Å². The van der Waals surface area contributed by atoms with Crippen molar-refractivity contribution < 1.29 is 4.39 Å². The maximum absolute atomic E-state index is 13.2. The third-order valence-corrected chi connectivity index (χ3v) is 2.81. The molecular weight excluding hydrogens is 189 g/mol. The lowest BCUT2D eigenvalue weighted by molar-refractivity contribution is 0.627. The van der Waals surface area contributed by atoms with Crippen molar-refractivity contribution in [1.29, 1.82) is 0 Å². The molecule has 0 aliphatic carbocycles. The molecule has 1 nitrogen and oxygen atoms in total. The van der Waals surface area contributed by atoms with Gasteiger partial charge < -0.3 is 0 Å². The zero-order valence-corrected chi connectivity index (χ0v) is 9.26. The van der Waals surface area contributed by atoms with E-state index >= 15 is 0 Å². The highest BCUT2D eigenvalue weighted by Gasteiger charge is 2.16. The van der Waals surface area contributed by atoms with Gasteiger partial charge in [-0.05, 0) is 49.6 Å². The first-order chi connectivity index (χ1) is 7.09. The van der Waals surface area contributed by atoms with Crippen molar-refractivity contribution in [1.82, 2.24) is 0 Å². The average Bonchev–Trinajstić information content (AvgIpc) is 2.51. The fraction of sp³-hybridized carbons (Fsp3) is 0.308. The molecule has 0 amide bonds. The SMILES string of the molecule is CC1=NCC(C)=C1c1cc(F)ccc1C. The summed E-state index contributed by atoms with van der Waals surface area (Å²) in [4.78, 5) is 4.37. The number of hydrogen-bond acceptors (Lipinski definition) is 1. The van der Waals surface area contributed by atoms with E-state index < -0.39 is 0 Å². The summed E-state index contributed by atoms with van der Waals surface area (Å²) in [6, 6.07) is 4.91. The highest BCUT2D eigenvalue weighted by Crippen LogP contribution is 2.28. The number of aliphatic imine (C=N–C) groups is 1. The van der Waals surface area contributed by atoms with Crippen molar-refractivity contribution in [2.24, 2.45) is 4.99 Å². The van der Waals surface area contributed by atoms with Crippen LogP contribution >= 0.6 is 0 Å². The van der Waals surface area contributed by atoms with Crippen LogP contribution in [0.2, 0.25) is 0 Å². The molecule has 2 heteroatoms. The summed E-state index contributed by atoms with van der Waals surface area (Å²) in [5.41, 5.74) is 5.43. The molecule has 0 fully saturated rings. The zero-order valence-electron chi connectivity index (χ0n) is 9.26. The lowest BCUT2D eigenvalue weighted by atomic mass is 9.95. The predicted molar refractivity (Wildman–Crippen MR) is 61.7 cm³/mol. The molecule has 0 atom stereocenters. The van der Waals surface area contributed by atoms with Crippen LogP contribution in [0.5, 0.6) is 0 Å². The fourth-order valence-corrected chi connectivity index (χ4v) is 1.99. The molecule has 1 heterocycles. The fourth-order valence-electron chi connectivity index (χ4n) is 1.99. The van der Waals surface area contributed by atoms with Gasteiger partial charge in [0.25, 0.3) is 0 Å². The molecule has 1 aliphatic rings. The van der Waals surface area contributed by atoms with Gasteiger partial charge in [-0.15, -0.1) is 0 Å². The number of rotatable bonds is 1. The van der Waals surface area contributed by atoms with Crippen molar-refractivity contribution in [2.75, 3.05) is 6.54 Å². The molecule has 0 spiro atoms. The molecule has 1 aromatic rings. The Bertz CT molecular complexity index is 469. The first-order valence-corrected chi connectivity index (χ1v) is 5.07. The second kappa shape index (κ2) is 3.61. The largest absolute Gasteiger partial charge is 0.285 e. The third-order valence-electron chi connectivity index (χ3n) is 2.81. The standard InChI is InChI=1S/C13H14FN/c1-8-4-5-11(14)6-12(8)13-9(2)7-15-10(13)3/h4-6H,7H2,1-3H3. The lowest BCUT2D eigenvalue weighted by Crippen LogP contribution is -1.98. The van der Waals surface area contributed by atoms with E-state index in [4.69, 9.17) is 0 Å². The molecule has 15 heavy (non-hydrogen) atoms. The van der Waals surface area contributed by atoms with Crippen LogP contribution < -0.4 is 0 Å². The highest BCUT2D eigenvalue weighted by molar-refractivity contribution is 6.25. The molecule has 1 aliphatic heterocycles. The van der Waals surface area contributed by atoms with Crippen LogP contribution in [0, 0.1) is 12.7 Å². The van der Waals surface area contributed by atoms with Crippen LogP contribution in [0.25, 0.3) is 5.57 Å². The van der Waals surface area contributed by atoms with Gasteiger partial charge in [-0.2, -0.15) is 0 Å². The summed E-state index contributed by atoms with van der Waals surface area (Å²) >= 11 is 0. The smallest absolute Gasteiger partial charge is 0.123 e.